The molecule has 1 aliphatic carbocycles. The molecule has 5 nitrogen and oxygen atoms in total. The van der Waals surface area contributed by atoms with Crippen molar-refractivity contribution in [2.75, 3.05) is 26.3 Å². The first kappa shape index (κ1) is 20.5. The van der Waals surface area contributed by atoms with E-state index in [2.05, 4.69) is 11.8 Å². The molecule has 2 aliphatic rings. The van der Waals surface area contributed by atoms with E-state index in [4.69, 9.17) is 42.6 Å². The molecule has 3 heterocycles. The van der Waals surface area contributed by atoms with Crippen LogP contribution in [0.1, 0.15) is 29.6 Å². The number of hydrogen-bond acceptors (Lipinski definition) is 6. The lowest BCUT2D eigenvalue weighted by Crippen LogP contribution is -2.36. The van der Waals surface area contributed by atoms with Gasteiger partial charge in [-0.25, -0.2) is 4.98 Å². The topological polar surface area (TPSA) is 47.5 Å². The van der Waals surface area contributed by atoms with Crippen LogP contribution in [0.3, 0.4) is 0 Å². The van der Waals surface area contributed by atoms with Crippen molar-refractivity contribution in [2.45, 2.75) is 32.7 Å². The van der Waals surface area contributed by atoms with Crippen LogP contribution in [0.15, 0.2) is 18.2 Å². The fraction of sp³-hybridized carbons (Fsp3) is 0.455. The monoisotopic (exact) mass is 463 g/mol. The summed E-state index contributed by atoms with van der Waals surface area (Å²) in [7, 11) is 0. The maximum Gasteiger partial charge on any atom is 0.231 e. The van der Waals surface area contributed by atoms with Crippen LogP contribution in [0, 0.1) is 5.92 Å². The SMILES string of the molecule is CC1CCc2c(sc3nc(CN4CCOCC4)nc(Oc4ccc(Cl)c(Cl)c4)c23)C1. The fourth-order valence-corrected chi connectivity index (χ4v) is 5.79. The number of fused-ring (bicyclic) bond motifs is 3. The Labute approximate surface area is 189 Å². The second kappa shape index (κ2) is 8.60. The van der Waals surface area contributed by atoms with Gasteiger partial charge in [-0.05, 0) is 42.9 Å². The Kier molecular flexibility index (Phi) is 5.86. The number of halogens is 2. The highest BCUT2D eigenvalue weighted by Gasteiger charge is 2.25. The molecule has 8 heteroatoms. The summed E-state index contributed by atoms with van der Waals surface area (Å²) in [6, 6.07) is 5.31. The molecule has 1 unspecified atom stereocenters. The Balaban J connectivity index is 1.56. The van der Waals surface area contributed by atoms with Crippen molar-refractivity contribution in [3.63, 3.8) is 0 Å². The molecule has 30 heavy (non-hydrogen) atoms. The molecule has 2 aromatic heterocycles. The molecule has 0 bridgehead atoms. The van der Waals surface area contributed by atoms with Crippen LogP contribution in [0.4, 0.5) is 0 Å². The zero-order valence-corrected chi connectivity index (χ0v) is 19.1. The van der Waals surface area contributed by atoms with Crippen molar-refractivity contribution >= 4 is 44.8 Å². The molecule has 0 N–H and O–H groups in total. The van der Waals surface area contributed by atoms with Gasteiger partial charge < -0.3 is 9.47 Å². The van der Waals surface area contributed by atoms with Gasteiger partial charge in [0.2, 0.25) is 5.88 Å². The summed E-state index contributed by atoms with van der Waals surface area (Å²) < 4.78 is 11.7. The van der Waals surface area contributed by atoms with E-state index in [9.17, 15) is 0 Å². The van der Waals surface area contributed by atoms with Gasteiger partial charge in [0.1, 0.15) is 16.4 Å². The normalized spacial score (nSPS) is 19.8. The van der Waals surface area contributed by atoms with E-state index in [-0.39, 0.29) is 0 Å². The standard InChI is InChI=1S/C22H23Cl2N3O2S/c1-13-2-4-15-18(10-13)30-22-20(15)21(29-14-3-5-16(23)17(24)11-14)25-19(26-22)12-27-6-8-28-9-7-27/h3,5,11,13H,2,4,6-10,12H2,1H3. The Bertz CT molecular complexity index is 1080. The average molecular weight is 464 g/mol. The number of nitrogens with zero attached hydrogens (tertiary/aromatic N) is 3. The Morgan fingerprint density at radius 1 is 1.20 bits per heavy atom. The number of rotatable bonds is 4. The van der Waals surface area contributed by atoms with Crippen LogP contribution in [0.25, 0.3) is 10.2 Å². The third-order valence-corrected chi connectivity index (χ3v) is 7.63. The molecule has 1 saturated heterocycles. The fourth-order valence-electron chi connectivity index (χ4n) is 4.11. The molecule has 5 rings (SSSR count). The molecule has 0 radical (unpaired) electrons. The summed E-state index contributed by atoms with van der Waals surface area (Å²) in [5.41, 5.74) is 1.35. The number of aromatic nitrogens is 2. The number of benzene rings is 1. The van der Waals surface area contributed by atoms with Crippen LogP contribution in [-0.2, 0) is 24.1 Å². The summed E-state index contributed by atoms with van der Waals surface area (Å²) in [6.07, 6.45) is 3.32. The lowest BCUT2D eigenvalue weighted by Gasteiger charge is -2.25. The summed E-state index contributed by atoms with van der Waals surface area (Å²) >= 11 is 14.1. The van der Waals surface area contributed by atoms with Crippen molar-refractivity contribution in [2.24, 2.45) is 5.92 Å². The molecule has 1 aliphatic heterocycles. The minimum Gasteiger partial charge on any atom is -0.438 e. The maximum atomic E-state index is 6.28. The highest BCUT2D eigenvalue weighted by atomic mass is 35.5. The third kappa shape index (κ3) is 4.16. The second-order valence-corrected chi connectivity index (χ2v) is 9.94. The van der Waals surface area contributed by atoms with Gasteiger partial charge in [0.05, 0.1) is 35.2 Å². The number of morpholine rings is 1. The van der Waals surface area contributed by atoms with Crippen molar-refractivity contribution in [3.05, 3.63) is 44.5 Å². The molecule has 1 fully saturated rings. The third-order valence-electron chi connectivity index (χ3n) is 5.74. The van der Waals surface area contributed by atoms with Gasteiger partial charge in [0, 0.05) is 24.0 Å². The summed E-state index contributed by atoms with van der Waals surface area (Å²) in [5, 5.41) is 2.03. The molecule has 0 saturated carbocycles. The minimum absolute atomic E-state index is 0.467. The van der Waals surface area contributed by atoms with Gasteiger partial charge in [0.25, 0.3) is 0 Å². The van der Waals surface area contributed by atoms with Crippen molar-refractivity contribution < 1.29 is 9.47 Å². The molecule has 158 valence electrons. The highest BCUT2D eigenvalue weighted by molar-refractivity contribution is 7.18. The first-order valence-electron chi connectivity index (χ1n) is 10.3. The van der Waals surface area contributed by atoms with E-state index in [1.54, 1.807) is 23.5 Å². The Morgan fingerprint density at radius 2 is 2.03 bits per heavy atom. The van der Waals surface area contributed by atoms with Gasteiger partial charge in [0.15, 0.2) is 0 Å². The van der Waals surface area contributed by atoms with Gasteiger partial charge in [-0.15, -0.1) is 11.3 Å². The number of aryl methyl sites for hydroxylation is 1. The van der Waals surface area contributed by atoms with Crippen LogP contribution >= 0.6 is 34.5 Å². The zero-order chi connectivity index (χ0) is 20.7. The number of ether oxygens (including phenoxy) is 2. The Hall–Kier alpha value is -1.44. The first-order valence-corrected chi connectivity index (χ1v) is 11.9. The number of hydrogen-bond donors (Lipinski definition) is 0. The predicted octanol–water partition coefficient (Wildman–Crippen LogP) is 5.75. The smallest absolute Gasteiger partial charge is 0.231 e. The average Bonchev–Trinajstić information content (AvgIpc) is 3.09. The van der Waals surface area contributed by atoms with Gasteiger partial charge >= 0.3 is 0 Å². The molecule has 0 spiro atoms. The maximum absolute atomic E-state index is 6.28. The van der Waals surface area contributed by atoms with Crippen molar-refractivity contribution in [3.8, 4) is 11.6 Å². The van der Waals surface area contributed by atoms with Gasteiger partial charge in [-0.2, -0.15) is 4.98 Å². The Morgan fingerprint density at radius 3 is 2.83 bits per heavy atom. The van der Waals surface area contributed by atoms with Gasteiger partial charge in [-0.1, -0.05) is 30.1 Å². The molecule has 0 amide bonds. The van der Waals surface area contributed by atoms with E-state index in [1.165, 1.54) is 16.9 Å². The molecule has 3 aromatic rings. The largest absolute Gasteiger partial charge is 0.438 e. The highest BCUT2D eigenvalue weighted by Crippen LogP contribution is 2.42. The van der Waals surface area contributed by atoms with Crippen molar-refractivity contribution in [1.82, 2.24) is 14.9 Å². The lowest BCUT2D eigenvalue weighted by atomic mass is 9.89. The van der Waals surface area contributed by atoms with Crippen LogP contribution < -0.4 is 4.74 Å². The first-order chi connectivity index (χ1) is 14.6. The predicted molar refractivity (Wildman–Crippen MR) is 121 cm³/mol. The van der Waals surface area contributed by atoms with Crippen LogP contribution in [0.5, 0.6) is 11.6 Å². The van der Waals surface area contributed by atoms with Crippen LogP contribution in [-0.4, -0.2) is 41.2 Å². The molecule has 1 aromatic carbocycles. The van der Waals surface area contributed by atoms with Crippen molar-refractivity contribution in [1.29, 1.82) is 0 Å². The molecular formula is C22H23Cl2N3O2S. The quantitative estimate of drug-likeness (QED) is 0.492. The molecule has 1 atom stereocenters. The zero-order valence-electron chi connectivity index (χ0n) is 16.8. The second-order valence-electron chi connectivity index (χ2n) is 8.04. The summed E-state index contributed by atoms with van der Waals surface area (Å²) in [5.74, 6) is 2.73. The lowest BCUT2D eigenvalue weighted by molar-refractivity contribution is 0.0330. The van der Waals surface area contributed by atoms with E-state index >= 15 is 0 Å². The minimum atomic E-state index is 0.467. The van der Waals surface area contributed by atoms with Gasteiger partial charge in [-0.3, -0.25) is 4.90 Å². The molecular weight excluding hydrogens is 441 g/mol. The summed E-state index contributed by atoms with van der Waals surface area (Å²) in [6.45, 7) is 6.29. The van der Waals surface area contributed by atoms with E-state index in [1.807, 2.05) is 6.07 Å². The summed E-state index contributed by atoms with van der Waals surface area (Å²) in [4.78, 5) is 14.5. The van der Waals surface area contributed by atoms with Crippen LogP contribution in [0.2, 0.25) is 10.0 Å². The van der Waals surface area contributed by atoms with E-state index in [0.29, 0.717) is 34.1 Å². The number of thiophene rings is 1. The van der Waals surface area contributed by atoms with E-state index < -0.39 is 0 Å². The van der Waals surface area contributed by atoms with E-state index in [0.717, 1.165) is 55.2 Å².